The number of amides is 2. The van der Waals surface area contributed by atoms with Gasteiger partial charge in [-0.25, -0.2) is 26.8 Å². The number of phenolic OH excluding ortho intramolecular Hbond substituents is 2. The topological polar surface area (TPSA) is 173 Å². The highest BCUT2D eigenvalue weighted by molar-refractivity contribution is 7.92. The summed E-state index contributed by atoms with van der Waals surface area (Å²) < 4.78 is 79.3. The van der Waals surface area contributed by atoms with Crippen LogP contribution in [0.2, 0.25) is 0 Å². The van der Waals surface area contributed by atoms with Gasteiger partial charge in [0, 0.05) is 0 Å². The molecule has 48 heavy (non-hydrogen) atoms. The minimum Gasteiger partial charge on any atom is -0.506 e. The van der Waals surface area contributed by atoms with Crippen LogP contribution in [-0.2, 0) is 55.7 Å². The van der Waals surface area contributed by atoms with Crippen molar-refractivity contribution in [1.82, 2.24) is 9.44 Å². The maximum atomic E-state index is 13.6. The number of hydrogen-bond donors (Lipinski definition) is 4. The highest BCUT2D eigenvalue weighted by Gasteiger charge is 2.36. The lowest BCUT2D eigenvalue weighted by Gasteiger charge is -2.16. The number of anilines is 2. The highest BCUT2D eigenvalue weighted by Crippen LogP contribution is 2.33. The van der Waals surface area contributed by atoms with Gasteiger partial charge in [0.15, 0.2) is 0 Å². The fourth-order valence-electron chi connectivity index (χ4n) is 5.15. The molecule has 12 nitrogen and oxygen atoms in total. The SMILES string of the molecule is O=C1CN(c2ccc(CCc3cccc(F)c3)cc2O)S(=O)(=O)N1.O=C1CN(c2ccc(CCc3ccccc3F)cc2O)S(=O)(=O)N1. The van der Waals surface area contributed by atoms with Crippen LogP contribution in [-0.4, -0.2) is 52.0 Å². The first-order chi connectivity index (χ1) is 22.7. The Morgan fingerprint density at radius 3 is 1.52 bits per heavy atom. The van der Waals surface area contributed by atoms with E-state index >= 15 is 0 Å². The molecule has 2 saturated heterocycles. The average molecular weight is 701 g/mol. The molecular weight excluding hydrogens is 671 g/mol. The molecule has 2 amide bonds. The van der Waals surface area contributed by atoms with Crippen LogP contribution in [0.15, 0.2) is 84.9 Å². The molecule has 0 radical (unpaired) electrons. The Morgan fingerprint density at radius 1 is 0.604 bits per heavy atom. The molecule has 2 heterocycles. The summed E-state index contributed by atoms with van der Waals surface area (Å²) in [4.78, 5) is 22.5. The normalized spacial score (nSPS) is 16.2. The molecule has 4 aromatic rings. The van der Waals surface area contributed by atoms with Gasteiger partial charge in [0.1, 0.15) is 36.2 Å². The highest BCUT2D eigenvalue weighted by atomic mass is 32.2. The van der Waals surface area contributed by atoms with Crippen molar-refractivity contribution in [2.24, 2.45) is 0 Å². The van der Waals surface area contributed by atoms with E-state index in [1.165, 1.54) is 42.5 Å². The summed E-state index contributed by atoms with van der Waals surface area (Å²) in [5, 5.41) is 20.2. The van der Waals surface area contributed by atoms with E-state index in [9.17, 15) is 45.4 Å². The zero-order valence-electron chi connectivity index (χ0n) is 25.1. The first-order valence-corrected chi connectivity index (χ1v) is 17.4. The average Bonchev–Trinajstić information content (AvgIpc) is 3.46. The number of halogens is 2. The van der Waals surface area contributed by atoms with Gasteiger partial charge in [0.2, 0.25) is 0 Å². The molecule has 16 heteroatoms. The second-order valence-electron chi connectivity index (χ2n) is 10.9. The molecular formula is C32H30F2N4O8S2. The Kier molecular flexibility index (Phi) is 9.86. The van der Waals surface area contributed by atoms with Crippen molar-refractivity contribution in [2.45, 2.75) is 25.7 Å². The van der Waals surface area contributed by atoms with E-state index < -0.39 is 32.2 Å². The van der Waals surface area contributed by atoms with Gasteiger partial charge in [-0.2, -0.15) is 16.8 Å². The molecule has 2 aliphatic rings. The number of nitrogens with one attached hydrogen (secondary N) is 2. The van der Waals surface area contributed by atoms with Crippen LogP contribution >= 0.6 is 0 Å². The van der Waals surface area contributed by atoms with Crippen molar-refractivity contribution in [3.63, 3.8) is 0 Å². The molecule has 2 aliphatic heterocycles. The molecule has 0 saturated carbocycles. The van der Waals surface area contributed by atoms with Crippen LogP contribution in [0.5, 0.6) is 11.5 Å². The number of aromatic hydroxyl groups is 2. The van der Waals surface area contributed by atoms with Crippen LogP contribution < -0.4 is 18.1 Å². The standard InChI is InChI=1S/2C16H15FN2O4S/c17-13-3-1-2-11(8-13)4-5-12-6-7-14(15(20)9-12)19-10-16(21)18-24(19,22)23;17-13-4-2-1-3-12(13)7-5-11-6-8-14(15(20)9-11)19-10-16(21)18-24(19,22)23/h1-3,6-9,20H,4-5,10H2,(H,18,21);1-4,6,8-9,20H,5,7,10H2,(H,18,21). The van der Waals surface area contributed by atoms with E-state index in [1.807, 2.05) is 15.5 Å². The number of carbonyl (C=O) groups excluding carboxylic acids is 2. The van der Waals surface area contributed by atoms with E-state index in [-0.39, 0.29) is 47.6 Å². The molecule has 2 fully saturated rings. The molecule has 0 spiro atoms. The van der Waals surface area contributed by atoms with Crippen molar-refractivity contribution in [1.29, 1.82) is 0 Å². The van der Waals surface area contributed by atoms with Crippen molar-refractivity contribution in [3.8, 4) is 11.5 Å². The lowest BCUT2D eigenvalue weighted by molar-refractivity contribution is -0.118. The third-order valence-electron chi connectivity index (χ3n) is 7.49. The number of benzene rings is 4. The fourth-order valence-corrected chi connectivity index (χ4v) is 7.48. The van der Waals surface area contributed by atoms with E-state index in [2.05, 4.69) is 0 Å². The maximum absolute atomic E-state index is 13.6. The van der Waals surface area contributed by atoms with Crippen molar-refractivity contribution >= 4 is 43.6 Å². The lowest BCUT2D eigenvalue weighted by Crippen LogP contribution is -2.29. The smallest absolute Gasteiger partial charge is 0.326 e. The van der Waals surface area contributed by atoms with E-state index in [4.69, 9.17) is 0 Å². The Balaban J connectivity index is 0.000000188. The number of hydrogen-bond acceptors (Lipinski definition) is 8. The Bertz CT molecular complexity index is 2100. The van der Waals surface area contributed by atoms with Gasteiger partial charge in [-0.15, -0.1) is 0 Å². The van der Waals surface area contributed by atoms with Gasteiger partial charge in [-0.05, 0) is 90.4 Å². The summed E-state index contributed by atoms with van der Waals surface area (Å²) in [6.07, 6.45) is 2.08. The summed E-state index contributed by atoms with van der Waals surface area (Å²) in [6.45, 7) is -0.733. The minimum atomic E-state index is -3.96. The van der Waals surface area contributed by atoms with Gasteiger partial charge in [0.05, 0.1) is 11.4 Å². The molecule has 4 N–H and O–H groups in total. The number of phenols is 2. The third kappa shape index (κ3) is 8.01. The van der Waals surface area contributed by atoms with Gasteiger partial charge in [-0.1, -0.05) is 42.5 Å². The maximum Gasteiger partial charge on any atom is 0.326 e. The second kappa shape index (κ2) is 13.9. The molecule has 6 rings (SSSR count). The van der Waals surface area contributed by atoms with Gasteiger partial charge >= 0.3 is 20.4 Å². The minimum absolute atomic E-state index is 0.0305. The second-order valence-corrected chi connectivity index (χ2v) is 14.1. The number of nitrogens with zero attached hydrogens (tertiary/aromatic N) is 2. The molecule has 0 aromatic heterocycles. The van der Waals surface area contributed by atoms with Gasteiger partial charge < -0.3 is 10.2 Å². The summed E-state index contributed by atoms with van der Waals surface area (Å²) in [6, 6.07) is 21.8. The van der Waals surface area contributed by atoms with E-state index in [0.29, 0.717) is 31.2 Å². The number of rotatable bonds is 8. The van der Waals surface area contributed by atoms with Crippen LogP contribution in [0.25, 0.3) is 0 Å². The largest absolute Gasteiger partial charge is 0.506 e. The number of aryl methyl sites for hydroxylation is 4. The van der Waals surface area contributed by atoms with Crippen molar-refractivity contribution in [2.75, 3.05) is 21.7 Å². The van der Waals surface area contributed by atoms with E-state index in [1.54, 1.807) is 36.4 Å². The zero-order chi connectivity index (χ0) is 34.6. The Morgan fingerprint density at radius 2 is 1.08 bits per heavy atom. The Labute approximate surface area is 275 Å². The third-order valence-corrected chi connectivity index (χ3v) is 10.3. The summed E-state index contributed by atoms with van der Waals surface area (Å²) in [7, 11) is -7.91. The van der Waals surface area contributed by atoms with E-state index in [0.717, 1.165) is 25.3 Å². The van der Waals surface area contributed by atoms with Crippen molar-refractivity contribution < 1.29 is 45.4 Å². The quantitative estimate of drug-likeness (QED) is 0.217. The van der Waals surface area contributed by atoms with Crippen LogP contribution in [0.4, 0.5) is 20.2 Å². The monoisotopic (exact) mass is 700 g/mol. The van der Waals surface area contributed by atoms with Crippen molar-refractivity contribution in [3.05, 3.63) is 119 Å². The lowest BCUT2D eigenvalue weighted by atomic mass is 10.0. The number of carbonyl (C=O) groups is 2. The molecule has 252 valence electrons. The molecule has 0 aliphatic carbocycles. The van der Waals surface area contributed by atoms with Crippen LogP contribution in [0.3, 0.4) is 0 Å². The summed E-state index contributed by atoms with van der Waals surface area (Å²) >= 11 is 0. The van der Waals surface area contributed by atoms with Crippen LogP contribution in [0, 0.1) is 11.6 Å². The zero-order valence-corrected chi connectivity index (χ0v) is 26.8. The first kappa shape index (κ1) is 34.1. The summed E-state index contributed by atoms with van der Waals surface area (Å²) in [5.74, 6) is -2.37. The van der Waals surface area contributed by atoms with Crippen LogP contribution in [0.1, 0.15) is 22.3 Å². The molecule has 4 aromatic carbocycles. The fraction of sp³-hybridized carbons (Fsp3) is 0.188. The van der Waals surface area contributed by atoms with Gasteiger partial charge in [-0.3, -0.25) is 9.59 Å². The Hall–Kier alpha value is -5.22. The molecule has 0 unspecified atom stereocenters. The molecule has 0 bridgehead atoms. The predicted molar refractivity (Wildman–Crippen MR) is 173 cm³/mol. The molecule has 0 atom stereocenters. The summed E-state index contributed by atoms with van der Waals surface area (Å²) in [5.41, 5.74) is 2.98. The predicted octanol–water partition coefficient (Wildman–Crippen LogP) is 3.00. The van der Waals surface area contributed by atoms with Gasteiger partial charge in [0.25, 0.3) is 11.8 Å². The first-order valence-electron chi connectivity index (χ1n) is 14.5.